The second kappa shape index (κ2) is 17.9. The highest BCUT2D eigenvalue weighted by Gasteiger charge is 2.24. The number of hydrogen-bond acceptors (Lipinski definition) is 10. The van der Waals surface area contributed by atoms with Gasteiger partial charge in [-0.15, -0.1) is 0 Å². The molecule has 3 radical (unpaired) electrons. The topological polar surface area (TPSA) is 196 Å². The van der Waals surface area contributed by atoms with Crippen LogP contribution in [0, 0.1) is 30.3 Å². The predicted octanol–water partition coefficient (Wildman–Crippen LogP) is 10.7. The second-order valence-electron chi connectivity index (χ2n) is 12.5. The van der Waals surface area contributed by atoms with E-state index in [0.29, 0.717) is 33.4 Å². The van der Waals surface area contributed by atoms with E-state index in [1.54, 1.807) is 48.5 Å². The fraction of sp³-hybridized carbons (Fsp3) is 0. The van der Waals surface area contributed by atoms with Gasteiger partial charge in [0, 0.05) is 59.3 Å². The van der Waals surface area contributed by atoms with Crippen molar-refractivity contribution >= 4 is 114 Å². The molecule has 7 aromatic carbocycles. The minimum Gasteiger partial charge on any atom is -0.455 e. The molecule has 289 valence electrons. The lowest BCUT2D eigenvalue weighted by atomic mass is 9.79. The molecule has 2 N–H and O–H groups in total. The highest BCUT2D eigenvalue weighted by molar-refractivity contribution is 9.11. The smallest absolute Gasteiger partial charge is 0.455 e. The second-order valence-corrected chi connectivity index (χ2v) is 14.2. The summed E-state index contributed by atoms with van der Waals surface area (Å²) in [5, 5.41) is 54.7. The third kappa shape index (κ3) is 8.35. The van der Waals surface area contributed by atoms with E-state index >= 15 is 0 Å². The van der Waals surface area contributed by atoms with Gasteiger partial charge >= 0.3 is 7.12 Å². The maximum Gasteiger partial charge on any atom is 0.495 e. The number of halogens is 2. The summed E-state index contributed by atoms with van der Waals surface area (Å²) in [4.78, 5) is 31.9. The van der Waals surface area contributed by atoms with Crippen molar-refractivity contribution in [3.63, 3.8) is 0 Å². The maximum atomic E-state index is 11.6. The number of nitro benzene ring substituents is 3. The number of fused-ring (bicyclic) bond motifs is 6. The van der Waals surface area contributed by atoms with Gasteiger partial charge in [0.15, 0.2) is 0 Å². The Bertz CT molecular complexity index is 2880. The lowest BCUT2D eigenvalue weighted by Crippen LogP contribution is -2.31. The fourth-order valence-electron chi connectivity index (χ4n) is 6.59. The Labute approximate surface area is 352 Å². The van der Waals surface area contributed by atoms with Crippen molar-refractivity contribution in [3.05, 3.63) is 185 Å². The summed E-state index contributed by atoms with van der Waals surface area (Å²) in [5.74, 6) is 0. The minimum atomic E-state index is -1.80. The van der Waals surface area contributed by atoms with Gasteiger partial charge in [-0.25, -0.2) is 0 Å². The van der Waals surface area contributed by atoms with Gasteiger partial charge < -0.3 is 18.9 Å². The van der Waals surface area contributed by atoms with Gasteiger partial charge in [-0.3, -0.25) is 30.3 Å². The first-order valence-corrected chi connectivity index (χ1v) is 18.8. The number of nitrogens with zero attached hydrogens (tertiary/aromatic N) is 3. The number of para-hydroxylation sites is 7. The van der Waals surface area contributed by atoms with Crippen LogP contribution in [0.5, 0.6) is 0 Å². The molecule has 0 unspecified atom stereocenters. The van der Waals surface area contributed by atoms with Crippen molar-refractivity contribution in [2.75, 3.05) is 0 Å². The minimum absolute atomic E-state index is 0. The van der Waals surface area contributed by atoms with Gasteiger partial charge in [-0.2, -0.15) is 0 Å². The summed E-state index contributed by atoms with van der Waals surface area (Å²) < 4.78 is 14.0. The number of benzene rings is 7. The third-order valence-electron chi connectivity index (χ3n) is 9.15. The Morgan fingerprint density at radius 1 is 0.424 bits per heavy atom. The summed E-state index contributed by atoms with van der Waals surface area (Å²) in [6.45, 7) is 0. The first kappa shape index (κ1) is 42.0. The molecule has 2 heterocycles. The normalized spacial score (nSPS) is 10.6. The lowest BCUT2D eigenvalue weighted by Gasteiger charge is -2.04. The Kier molecular flexibility index (Phi) is 12.7. The van der Waals surface area contributed by atoms with Crippen molar-refractivity contribution in [2.24, 2.45) is 0 Å². The molecule has 0 aliphatic heterocycles. The Morgan fingerprint density at radius 3 is 1.14 bits per heavy atom. The summed E-state index contributed by atoms with van der Waals surface area (Å²) in [6.07, 6.45) is 0. The molecule has 0 fully saturated rings. The lowest BCUT2D eigenvalue weighted by molar-refractivity contribution is -0.384. The van der Waals surface area contributed by atoms with Gasteiger partial charge in [-0.1, -0.05) is 103 Å². The predicted molar refractivity (Wildman–Crippen MR) is 236 cm³/mol. The molecule has 13 nitrogen and oxygen atoms in total. The molecule has 0 saturated carbocycles. The van der Waals surface area contributed by atoms with E-state index < -0.39 is 21.9 Å². The maximum absolute atomic E-state index is 11.6. The molecule has 9 rings (SSSR count). The van der Waals surface area contributed by atoms with E-state index in [4.69, 9.17) is 18.9 Å². The molecule has 2 aromatic heterocycles. The average molecular weight is 914 g/mol. The zero-order valence-corrected chi connectivity index (χ0v) is 33.4. The molecular weight excluding hydrogens is 888 g/mol. The van der Waals surface area contributed by atoms with E-state index in [0.717, 1.165) is 41.7 Å². The van der Waals surface area contributed by atoms with Gasteiger partial charge in [-0.05, 0) is 56.1 Å². The molecule has 0 amide bonds. The van der Waals surface area contributed by atoms with Crippen molar-refractivity contribution in [1.82, 2.24) is 0 Å². The highest BCUT2D eigenvalue weighted by Crippen LogP contribution is 2.43. The van der Waals surface area contributed by atoms with Gasteiger partial charge in [0.05, 0.1) is 40.3 Å². The van der Waals surface area contributed by atoms with Crippen molar-refractivity contribution in [1.29, 1.82) is 0 Å². The standard InChI is InChI=1S/C24H14N2O5.C12H6Br2O.C6H6BNO4.B/c27-25(28)21-13-3-1-7-15(21)17-9-5-11-19-20-12-6-10-18(24(20)31-23(17)19)16-8-2-4-14-22(16)26(29)30;13-9-5-1-3-7-8-4-2-6-10(14)12(8)15-11(7)9;9-7(10)5-3-1-2-4-6(5)8(11)12;/h1-14H;1-6H;1-4,9-10H;. The van der Waals surface area contributed by atoms with Crippen LogP contribution in [0.2, 0.25) is 0 Å². The monoisotopic (exact) mass is 912 g/mol. The number of nitro groups is 3. The molecule has 0 spiro atoms. The molecule has 0 bridgehead atoms. The third-order valence-corrected chi connectivity index (χ3v) is 10.4. The van der Waals surface area contributed by atoms with Crippen LogP contribution in [0.3, 0.4) is 0 Å². The van der Waals surface area contributed by atoms with Gasteiger partial charge in [0.25, 0.3) is 17.1 Å². The van der Waals surface area contributed by atoms with Crippen LogP contribution in [0.15, 0.2) is 163 Å². The largest absolute Gasteiger partial charge is 0.495 e. The van der Waals surface area contributed by atoms with Crippen LogP contribution in [-0.4, -0.2) is 40.3 Å². The molecule has 59 heavy (non-hydrogen) atoms. The number of hydrogen-bond donors (Lipinski definition) is 2. The fourth-order valence-corrected chi connectivity index (χ4v) is 7.48. The van der Waals surface area contributed by atoms with E-state index in [-0.39, 0.29) is 30.9 Å². The summed E-state index contributed by atoms with van der Waals surface area (Å²) >= 11 is 6.98. The van der Waals surface area contributed by atoms with Crippen LogP contribution in [0.25, 0.3) is 66.1 Å². The van der Waals surface area contributed by atoms with Gasteiger partial charge in [0.1, 0.15) is 22.3 Å². The molecule has 0 atom stereocenters. The SMILES string of the molecule is Brc1cccc2c1oc1c(Br)cccc12.O=[N+]([O-])c1ccccc1-c1cccc2c1oc1c(-c3ccccc3[N+](=O)[O-])cccc12.O=[N+]([O-])c1ccccc1B(O)O.[B]. The highest BCUT2D eigenvalue weighted by atomic mass is 79.9. The van der Waals surface area contributed by atoms with E-state index in [9.17, 15) is 30.3 Å². The first-order valence-electron chi connectivity index (χ1n) is 17.2. The summed E-state index contributed by atoms with van der Waals surface area (Å²) in [7, 11) is -1.80. The number of rotatable bonds is 6. The van der Waals surface area contributed by atoms with E-state index in [1.165, 1.54) is 36.4 Å². The molecule has 0 aliphatic carbocycles. The molecule has 9 aromatic rings. The average Bonchev–Trinajstić information content (AvgIpc) is 3.82. The molecule has 0 aliphatic rings. The van der Waals surface area contributed by atoms with E-state index in [2.05, 4.69) is 44.0 Å². The van der Waals surface area contributed by atoms with Crippen LogP contribution in [0.4, 0.5) is 17.1 Å². The summed E-state index contributed by atoms with van der Waals surface area (Å²) in [5.41, 5.74) is 4.46. The Hall–Kier alpha value is -6.65. The zero-order chi connectivity index (χ0) is 41.1. The van der Waals surface area contributed by atoms with Gasteiger partial charge in [0.2, 0.25) is 0 Å². The van der Waals surface area contributed by atoms with E-state index in [1.807, 2.05) is 48.5 Å². The van der Waals surface area contributed by atoms with Crippen LogP contribution >= 0.6 is 31.9 Å². The number of furan rings is 2. The van der Waals surface area contributed by atoms with Crippen molar-refractivity contribution in [3.8, 4) is 22.3 Å². The van der Waals surface area contributed by atoms with Crippen LogP contribution in [-0.2, 0) is 0 Å². The van der Waals surface area contributed by atoms with Crippen LogP contribution < -0.4 is 5.46 Å². The van der Waals surface area contributed by atoms with Crippen molar-refractivity contribution < 1.29 is 33.7 Å². The zero-order valence-electron chi connectivity index (χ0n) is 30.3. The Balaban J connectivity index is 0.000000173. The Morgan fingerprint density at radius 2 is 0.746 bits per heavy atom. The molecule has 0 saturated heterocycles. The molecule has 17 heteroatoms. The first-order chi connectivity index (χ1) is 28.0. The van der Waals surface area contributed by atoms with Crippen LogP contribution in [0.1, 0.15) is 0 Å². The molecular formula is C42H26B2Br2N3O10. The quantitative estimate of drug-likeness (QED) is 0.0920. The van der Waals surface area contributed by atoms with Crippen molar-refractivity contribution in [2.45, 2.75) is 0 Å². The summed E-state index contributed by atoms with van der Waals surface area (Å²) in [6, 6.07) is 41.5.